The third kappa shape index (κ3) is 25.2. The minimum absolute atomic E-state index is 0. The van der Waals surface area contributed by atoms with E-state index in [2.05, 4.69) is 19.1 Å². The molecule has 0 bridgehead atoms. The Morgan fingerprint density at radius 3 is 1.64 bits per heavy atom. The summed E-state index contributed by atoms with van der Waals surface area (Å²) in [5.74, 6) is 0.386. The molecule has 0 saturated carbocycles. The van der Waals surface area contributed by atoms with Crippen molar-refractivity contribution in [2.24, 2.45) is 0 Å². The summed E-state index contributed by atoms with van der Waals surface area (Å²) in [6.07, 6.45) is 23.1. The molecule has 0 spiro atoms. The van der Waals surface area contributed by atoms with Crippen LogP contribution >= 0.6 is 15.6 Å². The van der Waals surface area contributed by atoms with Crippen molar-refractivity contribution in [3.63, 3.8) is 0 Å². The molecule has 9 heteroatoms. The molecule has 2 unspecified atom stereocenters. The topological polar surface area (TPSA) is 83.8 Å². The second-order valence-corrected chi connectivity index (χ2v) is 12.2. The zero-order chi connectivity index (χ0) is 27.0. The zero-order valence-electron chi connectivity index (χ0n) is 23.5. The molecule has 214 valence electrons. The van der Waals surface area contributed by atoms with Crippen LogP contribution in [0.2, 0.25) is 0 Å². The maximum absolute atomic E-state index is 11.9. The van der Waals surface area contributed by atoms with E-state index in [0.29, 0.717) is 17.2 Å². The summed E-state index contributed by atoms with van der Waals surface area (Å²) in [4.78, 5) is 18.4. The normalized spacial score (nSPS) is 12.3. The van der Waals surface area contributed by atoms with Crippen LogP contribution in [0.1, 0.15) is 96.8 Å². The number of unbranched alkanes of at least 4 members (excludes halogenated alkanes) is 12. The Morgan fingerprint density at radius 2 is 1.15 bits per heavy atom. The van der Waals surface area contributed by atoms with Crippen molar-refractivity contribution < 1.29 is 105 Å². The predicted molar refractivity (Wildman–Crippen MR) is 157 cm³/mol. The summed E-state index contributed by atoms with van der Waals surface area (Å²) >= 11 is 0. The van der Waals surface area contributed by atoms with Gasteiger partial charge in [0.2, 0.25) is 0 Å². The van der Waals surface area contributed by atoms with Crippen LogP contribution in [0.25, 0.3) is 0 Å². The Bertz CT molecular complexity index is 899. The van der Waals surface area contributed by atoms with Crippen LogP contribution in [-0.2, 0) is 9.13 Å². The molecular weight excluding hydrogens is 791 g/mol. The van der Waals surface area contributed by atoms with Gasteiger partial charge in [-0.05, 0) is 67.4 Å². The molecule has 0 fully saturated rings. The van der Waals surface area contributed by atoms with Crippen LogP contribution in [0.15, 0.2) is 72.8 Å². The molecule has 0 amide bonds. The van der Waals surface area contributed by atoms with Crippen molar-refractivity contribution in [2.45, 2.75) is 96.8 Å². The van der Waals surface area contributed by atoms with Crippen LogP contribution < -0.4 is 9.83 Å². The number of rotatable bonds is 19. The fourth-order valence-electron chi connectivity index (χ4n) is 3.79. The molecule has 39 heavy (non-hydrogen) atoms. The molecule has 0 aliphatic heterocycles. The first kappa shape index (κ1) is 42.1. The van der Waals surface area contributed by atoms with Gasteiger partial charge in [-0.25, -0.2) is 4.57 Å². The van der Waals surface area contributed by atoms with Crippen molar-refractivity contribution in [3.8, 4) is 5.75 Å². The van der Waals surface area contributed by atoms with Gasteiger partial charge in [0.1, 0.15) is 5.75 Å². The fraction of sp³-hybridized carbons (Fsp3) is 0.533. The van der Waals surface area contributed by atoms with Gasteiger partial charge in [-0.2, -0.15) is 4.89 Å². The van der Waals surface area contributed by atoms with E-state index in [-0.39, 0.29) is 81.7 Å². The van der Waals surface area contributed by atoms with Gasteiger partial charge in [-0.15, -0.1) is 0 Å². The molecule has 0 aliphatic rings. The number of para-hydroxylation sites is 1. The standard InChI is InChI=1S/C18H35O2P.C12H11O3P.2Nd/c1-2-3-4-5-6-7-8-9-10-11-12-13-14-15-16-17-18-21(19)20;13-16(14,12-9-5-2-6-10-12)15-11-7-3-1-4-8-11;;/h9-10H,2-8,11-18H2,1H3;1-10H,(H,13,14);;/p+1/b10-9-;;;. The Kier molecular flexibility index (Phi) is 31.3. The van der Waals surface area contributed by atoms with Gasteiger partial charge in [0.25, 0.3) is 0 Å². The second-order valence-electron chi connectivity index (χ2n) is 9.27. The third-order valence-corrected chi connectivity index (χ3v) is 8.02. The first-order valence-corrected chi connectivity index (χ1v) is 16.8. The third-order valence-electron chi connectivity index (χ3n) is 5.92. The summed E-state index contributed by atoms with van der Waals surface area (Å²) in [6.45, 7) is 2.26. The molecular formula is C30H47Nd2O5P2+. The summed E-state index contributed by atoms with van der Waals surface area (Å²) in [5, 5.41) is 0.291. The number of hydrogen-bond acceptors (Lipinski definition) is 3. The Morgan fingerprint density at radius 1 is 0.718 bits per heavy atom. The molecule has 2 aromatic carbocycles. The minimum Gasteiger partial charge on any atom is -0.421 e. The van der Waals surface area contributed by atoms with Gasteiger partial charge in [0.05, 0.1) is 5.30 Å². The summed E-state index contributed by atoms with van der Waals surface area (Å²) in [6, 6.07) is 16.9. The molecule has 0 saturated heterocycles. The Labute approximate surface area is 303 Å². The van der Waals surface area contributed by atoms with E-state index in [1.165, 1.54) is 77.0 Å². The zero-order valence-corrected chi connectivity index (χ0v) is 31.8. The Hall–Kier alpha value is 0.931. The first-order valence-electron chi connectivity index (χ1n) is 13.9. The maximum atomic E-state index is 11.9. The van der Waals surface area contributed by atoms with Crippen molar-refractivity contribution in [1.82, 2.24) is 0 Å². The number of hydrogen-bond donors (Lipinski definition) is 2. The molecule has 0 aromatic heterocycles. The summed E-state index contributed by atoms with van der Waals surface area (Å²) in [7, 11) is -5.67. The van der Waals surface area contributed by atoms with Crippen LogP contribution in [0.3, 0.4) is 0 Å². The van der Waals surface area contributed by atoms with E-state index in [1.54, 1.807) is 54.6 Å². The molecule has 2 atom stereocenters. The molecule has 5 nitrogen and oxygen atoms in total. The predicted octanol–water partition coefficient (Wildman–Crippen LogP) is 9.33. The average molecular weight is 838 g/mol. The molecule has 0 aliphatic carbocycles. The van der Waals surface area contributed by atoms with Crippen molar-refractivity contribution >= 4 is 20.9 Å². The largest absolute Gasteiger partial charge is 0.505 e. The van der Waals surface area contributed by atoms with Gasteiger partial charge in [-0.3, -0.25) is 0 Å². The SMILES string of the molecule is CCCCCCCC/C=C\CCCCCCCC[P+](=O)O.O=P(O)(Oc1ccccc1)c1ccccc1.[Nd].[Nd]. The van der Waals surface area contributed by atoms with Gasteiger partial charge in [0.15, 0.2) is 6.16 Å². The summed E-state index contributed by atoms with van der Waals surface area (Å²) in [5.41, 5.74) is 0. The van der Waals surface area contributed by atoms with E-state index in [1.807, 2.05) is 6.07 Å². The van der Waals surface area contributed by atoms with Crippen LogP contribution in [0, 0.1) is 81.7 Å². The maximum Gasteiger partial charge on any atom is 0.505 e. The summed E-state index contributed by atoms with van der Waals surface area (Å²) < 4.78 is 27.5. The van der Waals surface area contributed by atoms with E-state index in [0.717, 1.165) is 12.8 Å². The first-order chi connectivity index (χ1) is 18.0. The molecule has 0 heterocycles. The van der Waals surface area contributed by atoms with Gasteiger partial charge >= 0.3 is 15.6 Å². The van der Waals surface area contributed by atoms with Crippen molar-refractivity contribution in [2.75, 3.05) is 6.16 Å². The quantitative estimate of drug-likeness (QED) is 0.0838. The van der Waals surface area contributed by atoms with Gasteiger partial charge < -0.3 is 9.42 Å². The van der Waals surface area contributed by atoms with Gasteiger partial charge in [-0.1, -0.05) is 107 Å². The molecule has 2 N–H and O–H groups in total. The minimum atomic E-state index is -3.77. The number of allylic oxidation sites excluding steroid dienone is 2. The molecule has 2 aromatic rings. The monoisotopic (exact) mass is 833 g/mol. The van der Waals surface area contributed by atoms with E-state index < -0.39 is 15.6 Å². The number of benzene rings is 2. The van der Waals surface area contributed by atoms with Gasteiger partial charge in [0, 0.05) is 81.7 Å². The van der Waals surface area contributed by atoms with E-state index in [4.69, 9.17) is 9.42 Å². The smallest absolute Gasteiger partial charge is 0.421 e. The van der Waals surface area contributed by atoms with Crippen LogP contribution in [-0.4, -0.2) is 15.9 Å². The van der Waals surface area contributed by atoms with E-state index in [9.17, 15) is 14.0 Å². The van der Waals surface area contributed by atoms with E-state index >= 15 is 0 Å². The average Bonchev–Trinajstić information content (AvgIpc) is 2.89. The molecule has 0 radical (unpaired) electrons. The van der Waals surface area contributed by atoms with Crippen LogP contribution in [0.5, 0.6) is 5.75 Å². The molecule has 2 rings (SSSR count). The Balaban J connectivity index is 0. The van der Waals surface area contributed by atoms with Crippen molar-refractivity contribution in [3.05, 3.63) is 72.8 Å². The van der Waals surface area contributed by atoms with Crippen LogP contribution in [0.4, 0.5) is 0 Å². The van der Waals surface area contributed by atoms with Crippen molar-refractivity contribution in [1.29, 1.82) is 0 Å². The second kappa shape index (κ2) is 29.0. The fourth-order valence-corrected chi connectivity index (χ4v) is 5.34.